The van der Waals surface area contributed by atoms with E-state index in [1.54, 1.807) is 19.1 Å². The molecule has 128 valence electrons. The summed E-state index contributed by atoms with van der Waals surface area (Å²) in [5.41, 5.74) is 1.41. The molecule has 8 heteroatoms. The van der Waals surface area contributed by atoms with Gasteiger partial charge in [-0.25, -0.2) is 0 Å². The van der Waals surface area contributed by atoms with Crippen LogP contribution in [0.5, 0.6) is 0 Å². The first kappa shape index (κ1) is 18.9. The zero-order valence-corrected chi connectivity index (χ0v) is 13.1. The van der Waals surface area contributed by atoms with Crippen LogP contribution in [0.15, 0.2) is 49.1 Å². The summed E-state index contributed by atoms with van der Waals surface area (Å²) in [6.07, 6.45) is 5.44. The van der Waals surface area contributed by atoms with Gasteiger partial charge >= 0.3 is 11.9 Å². The maximum Gasteiger partial charge on any atom is 0.310 e. The van der Waals surface area contributed by atoms with Crippen molar-refractivity contribution >= 4 is 11.9 Å². The average Bonchev–Trinajstić information content (AvgIpc) is 2.52. The van der Waals surface area contributed by atoms with Crippen LogP contribution in [0.3, 0.4) is 0 Å². The highest BCUT2D eigenvalue weighted by Gasteiger charge is 2.04. The Morgan fingerprint density at radius 3 is 1.75 bits per heavy atom. The Kier molecular flexibility index (Phi) is 7.69. The summed E-state index contributed by atoms with van der Waals surface area (Å²) in [7, 11) is 0. The third kappa shape index (κ3) is 7.74. The van der Waals surface area contributed by atoms with Crippen molar-refractivity contribution in [3.05, 3.63) is 70.6 Å². The lowest BCUT2D eigenvalue weighted by atomic mass is 10.2. The number of ether oxygens (including phenoxy) is 1. The molecule has 2 aromatic heterocycles. The minimum Gasteiger partial charge on any atom is -0.619 e. The molecule has 1 N–H and O–H groups in total. The summed E-state index contributed by atoms with van der Waals surface area (Å²) >= 11 is 0. The molecular formula is C16H18N2O6. The van der Waals surface area contributed by atoms with E-state index in [1.165, 1.54) is 36.9 Å². The second kappa shape index (κ2) is 9.78. The summed E-state index contributed by atoms with van der Waals surface area (Å²) in [6, 6.07) is 6.18. The number of rotatable bonds is 5. The van der Waals surface area contributed by atoms with Crippen LogP contribution in [-0.4, -0.2) is 23.7 Å². The number of pyridine rings is 2. The van der Waals surface area contributed by atoms with E-state index in [4.69, 9.17) is 9.84 Å². The fourth-order valence-corrected chi connectivity index (χ4v) is 1.68. The Labute approximate surface area is 138 Å². The van der Waals surface area contributed by atoms with Crippen LogP contribution >= 0.6 is 0 Å². The van der Waals surface area contributed by atoms with Crippen molar-refractivity contribution in [2.45, 2.75) is 19.8 Å². The number of carbonyl (C=O) groups excluding carboxylic acids is 1. The summed E-state index contributed by atoms with van der Waals surface area (Å²) in [5, 5.41) is 29.5. The molecule has 24 heavy (non-hydrogen) atoms. The number of carboxylic acid groups (broad SMARTS) is 1. The Balaban J connectivity index is 0.000000243. The standard InChI is InChI=1S/C9H11NO3.C7H7NO3/c1-2-13-9(11)7-8-3-5-10(12)6-4-8;9-7(10)5-6-1-3-8(11)4-2-6/h3-6H,2,7H2,1H3;1-4H,5H2,(H,9,10). The van der Waals surface area contributed by atoms with Crippen LogP contribution < -0.4 is 9.46 Å². The smallest absolute Gasteiger partial charge is 0.310 e. The topological polar surface area (TPSA) is 117 Å². The van der Waals surface area contributed by atoms with Gasteiger partial charge in [0.25, 0.3) is 0 Å². The largest absolute Gasteiger partial charge is 0.619 e. The first-order valence-corrected chi connectivity index (χ1v) is 7.13. The highest BCUT2D eigenvalue weighted by atomic mass is 16.5. The molecule has 0 aromatic carbocycles. The second-order valence-corrected chi connectivity index (χ2v) is 4.68. The lowest BCUT2D eigenvalue weighted by Gasteiger charge is -2.01. The zero-order valence-electron chi connectivity index (χ0n) is 13.1. The van der Waals surface area contributed by atoms with Crippen LogP contribution in [0.1, 0.15) is 18.1 Å². The molecule has 0 aliphatic rings. The Hall–Kier alpha value is -3.16. The highest BCUT2D eigenvalue weighted by molar-refractivity contribution is 5.72. The van der Waals surface area contributed by atoms with Crippen molar-refractivity contribution < 1.29 is 28.9 Å². The SMILES string of the molecule is CCOC(=O)Cc1cc[n+]([O-])cc1.O=C(O)Cc1cc[n+]([O-])cc1. The molecule has 0 unspecified atom stereocenters. The molecule has 0 fully saturated rings. The minimum absolute atomic E-state index is 0.0408. The number of aromatic nitrogens is 2. The molecule has 2 heterocycles. The number of carbonyl (C=O) groups is 2. The van der Waals surface area contributed by atoms with Gasteiger partial charge in [0, 0.05) is 24.3 Å². The van der Waals surface area contributed by atoms with E-state index in [2.05, 4.69) is 0 Å². The molecular weight excluding hydrogens is 316 g/mol. The Morgan fingerprint density at radius 1 is 0.958 bits per heavy atom. The van der Waals surface area contributed by atoms with Gasteiger partial charge in [-0.3, -0.25) is 9.59 Å². The van der Waals surface area contributed by atoms with Gasteiger partial charge in [0.2, 0.25) is 0 Å². The van der Waals surface area contributed by atoms with E-state index < -0.39 is 5.97 Å². The van der Waals surface area contributed by atoms with Crippen molar-refractivity contribution in [3.8, 4) is 0 Å². The minimum atomic E-state index is -0.895. The molecule has 0 saturated heterocycles. The maximum atomic E-state index is 11.0. The number of hydrogen-bond donors (Lipinski definition) is 1. The molecule has 0 saturated carbocycles. The molecule has 0 aliphatic heterocycles. The summed E-state index contributed by atoms with van der Waals surface area (Å²) in [4.78, 5) is 21.2. The van der Waals surface area contributed by atoms with Gasteiger partial charge in [-0.05, 0) is 18.1 Å². The summed E-state index contributed by atoms with van der Waals surface area (Å²) in [5.74, 6) is -1.17. The van der Waals surface area contributed by atoms with Crippen molar-refractivity contribution in [3.63, 3.8) is 0 Å². The monoisotopic (exact) mass is 334 g/mol. The summed E-state index contributed by atoms with van der Waals surface area (Å²) < 4.78 is 6.04. The van der Waals surface area contributed by atoms with Crippen molar-refractivity contribution in [1.29, 1.82) is 0 Å². The lowest BCUT2D eigenvalue weighted by molar-refractivity contribution is -0.605. The predicted octanol–water partition coefficient (Wildman–Crippen LogP) is 0.373. The van der Waals surface area contributed by atoms with Crippen molar-refractivity contribution in [2.75, 3.05) is 6.61 Å². The van der Waals surface area contributed by atoms with Gasteiger partial charge in [-0.15, -0.1) is 0 Å². The molecule has 0 bridgehead atoms. The van der Waals surface area contributed by atoms with E-state index in [0.717, 1.165) is 5.56 Å². The van der Waals surface area contributed by atoms with E-state index in [9.17, 15) is 20.0 Å². The number of nitrogens with zero attached hydrogens (tertiary/aromatic N) is 2. The molecule has 0 spiro atoms. The molecule has 2 rings (SSSR count). The number of esters is 1. The van der Waals surface area contributed by atoms with Gasteiger partial charge in [-0.2, -0.15) is 9.46 Å². The van der Waals surface area contributed by atoms with Crippen LogP contribution in [0.4, 0.5) is 0 Å². The quantitative estimate of drug-likeness (QED) is 0.479. The molecule has 0 atom stereocenters. The third-order valence-electron chi connectivity index (χ3n) is 2.75. The zero-order chi connectivity index (χ0) is 17.9. The van der Waals surface area contributed by atoms with Gasteiger partial charge in [0.1, 0.15) is 0 Å². The Bertz CT molecular complexity index is 655. The third-order valence-corrected chi connectivity index (χ3v) is 2.75. The maximum absolute atomic E-state index is 11.0. The molecule has 0 amide bonds. The number of carboxylic acids is 1. The normalized spacial score (nSPS) is 9.54. The van der Waals surface area contributed by atoms with Gasteiger partial charge < -0.3 is 20.3 Å². The van der Waals surface area contributed by atoms with Gasteiger partial charge in [0.15, 0.2) is 24.8 Å². The van der Waals surface area contributed by atoms with E-state index in [0.29, 0.717) is 21.6 Å². The van der Waals surface area contributed by atoms with Crippen LogP contribution in [0.25, 0.3) is 0 Å². The first-order valence-electron chi connectivity index (χ1n) is 7.13. The number of aliphatic carboxylic acids is 1. The van der Waals surface area contributed by atoms with Gasteiger partial charge in [-0.1, -0.05) is 0 Å². The van der Waals surface area contributed by atoms with Crippen LogP contribution in [0, 0.1) is 10.4 Å². The summed E-state index contributed by atoms with van der Waals surface area (Å²) in [6.45, 7) is 2.14. The lowest BCUT2D eigenvalue weighted by Crippen LogP contribution is -2.24. The Morgan fingerprint density at radius 2 is 1.38 bits per heavy atom. The second-order valence-electron chi connectivity index (χ2n) is 4.68. The molecule has 0 radical (unpaired) electrons. The number of hydrogen-bond acceptors (Lipinski definition) is 5. The fourth-order valence-electron chi connectivity index (χ4n) is 1.68. The average molecular weight is 334 g/mol. The first-order chi connectivity index (χ1) is 11.4. The van der Waals surface area contributed by atoms with E-state index in [1.807, 2.05) is 0 Å². The van der Waals surface area contributed by atoms with Crippen molar-refractivity contribution in [2.24, 2.45) is 0 Å². The molecule has 0 aliphatic carbocycles. The van der Waals surface area contributed by atoms with Crippen LogP contribution in [-0.2, 0) is 27.2 Å². The van der Waals surface area contributed by atoms with E-state index in [-0.39, 0.29) is 18.8 Å². The fraction of sp³-hybridized carbons (Fsp3) is 0.250. The molecule has 2 aromatic rings. The van der Waals surface area contributed by atoms with Crippen molar-refractivity contribution in [1.82, 2.24) is 0 Å². The van der Waals surface area contributed by atoms with E-state index >= 15 is 0 Å². The van der Waals surface area contributed by atoms with Crippen LogP contribution in [0.2, 0.25) is 0 Å². The molecule has 8 nitrogen and oxygen atoms in total. The predicted molar refractivity (Wildman–Crippen MR) is 82.5 cm³/mol. The van der Waals surface area contributed by atoms with Gasteiger partial charge in [0.05, 0.1) is 19.4 Å². The highest BCUT2D eigenvalue weighted by Crippen LogP contribution is 1.98.